The molecule has 4 N–H and O–H groups in total. The van der Waals surface area contributed by atoms with Crippen LogP contribution >= 0.6 is 35.6 Å². The molecule has 8 heteroatoms. The summed E-state index contributed by atoms with van der Waals surface area (Å²) < 4.78 is 5.09. The van der Waals surface area contributed by atoms with E-state index in [4.69, 9.17) is 22.1 Å². The lowest BCUT2D eigenvalue weighted by Crippen LogP contribution is -2.25. The largest absolute Gasteiger partial charge is 0.495 e. The van der Waals surface area contributed by atoms with Gasteiger partial charge in [-0.2, -0.15) is 0 Å². The fourth-order valence-corrected chi connectivity index (χ4v) is 2.35. The number of ether oxygens (including phenoxy) is 1. The Bertz CT molecular complexity index is 741. The molecule has 0 aliphatic heterocycles. The maximum atomic E-state index is 11.8. The third-order valence-corrected chi connectivity index (χ3v) is 3.67. The van der Waals surface area contributed by atoms with Gasteiger partial charge in [-0.3, -0.25) is 9.79 Å². The van der Waals surface area contributed by atoms with Crippen molar-refractivity contribution in [3.05, 3.63) is 59.1 Å². The van der Waals surface area contributed by atoms with Gasteiger partial charge in [0.15, 0.2) is 5.96 Å². The number of nitrogens with one attached hydrogen (secondary N) is 2. The molecule has 2 aromatic rings. The van der Waals surface area contributed by atoms with Crippen molar-refractivity contribution < 1.29 is 9.53 Å². The van der Waals surface area contributed by atoms with E-state index in [1.54, 1.807) is 25.3 Å². The second-order valence-corrected chi connectivity index (χ2v) is 5.66. The van der Waals surface area contributed by atoms with E-state index in [2.05, 4.69) is 15.6 Å². The smallest absolute Gasteiger partial charge is 0.222 e. The molecule has 0 saturated heterocycles. The predicted molar refractivity (Wildman–Crippen MR) is 116 cm³/mol. The van der Waals surface area contributed by atoms with E-state index in [0.717, 1.165) is 5.56 Å². The standard InChI is InChI=1S/C18H21ClN4O2.HI/c1-25-16-8-7-14(11-15(16)19)23-18(20)21-10-9-17(24)22-12-13-5-3-2-4-6-13;/h2-8,11H,9-10,12H2,1H3,(H,22,24)(H3,20,21,23);1H. The van der Waals surface area contributed by atoms with Gasteiger partial charge >= 0.3 is 0 Å². The van der Waals surface area contributed by atoms with Gasteiger partial charge < -0.3 is 21.1 Å². The van der Waals surface area contributed by atoms with E-state index in [1.165, 1.54) is 0 Å². The Kier molecular flexibility index (Phi) is 9.82. The first-order valence-electron chi connectivity index (χ1n) is 7.79. The summed E-state index contributed by atoms with van der Waals surface area (Å²) in [5.74, 6) is 0.725. The van der Waals surface area contributed by atoms with Crippen LogP contribution in [0.2, 0.25) is 5.02 Å². The lowest BCUT2D eigenvalue weighted by atomic mass is 10.2. The Morgan fingerprint density at radius 1 is 1.23 bits per heavy atom. The number of guanidine groups is 1. The number of aliphatic imine (C=N–C) groups is 1. The van der Waals surface area contributed by atoms with Crippen molar-refractivity contribution in [2.24, 2.45) is 10.7 Å². The van der Waals surface area contributed by atoms with Crippen molar-refractivity contribution in [1.82, 2.24) is 5.32 Å². The van der Waals surface area contributed by atoms with Crippen LogP contribution in [0, 0.1) is 0 Å². The number of hydrogen-bond donors (Lipinski definition) is 3. The van der Waals surface area contributed by atoms with Gasteiger partial charge in [-0.25, -0.2) is 0 Å². The van der Waals surface area contributed by atoms with Gasteiger partial charge in [0.05, 0.1) is 18.7 Å². The monoisotopic (exact) mass is 488 g/mol. The minimum Gasteiger partial charge on any atom is -0.495 e. The highest BCUT2D eigenvalue weighted by atomic mass is 127. The zero-order valence-corrected chi connectivity index (χ0v) is 17.5. The molecular formula is C18H22ClIN4O2. The summed E-state index contributed by atoms with van der Waals surface area (Å²) in [6, 6.07) is 14.9. The lowest BCUT2D eigenvalue weighted by molar-refractivity contribution is -0.121. The van der Waals surface area contributed by atoms with E-state index < -0.39 is 0 Å². The van der Waals surface area contributed by atoms with Crippen LogP contribution in [0.4, 0.5) is 5.69 Å². The normalized spacial score (nSPS) is 10.6. The number of methoxy groups -OCH3 is 1. The van der Waals surface area contributed by atoms with Gasteiger partial charge in [0.2, 0.25) is 5.91 Å². The topological polar surface area (TPSA) is 88.7 Å². The maximum Gasteiger partial charge on any atom is 0.222 e. The number of carbonyl (C=O) groups is 1. The molecule has 0 radical (unpaired) electrons. The second-order valence-electron chi connectivity index (χ2n) is 5.25. The third kappa shape index (κ3) is 7.49. The number of anilines is 1. The average Bonchev–Trinajstić information content (AvgIpc) is 2.61. The molecule has 0 aliphatic rings. The molecule has 2 aromatic carbocycles. The first kappa shape index (κ1) is 22.0. The maximum absolute atomic E-state index is 11.8. The van der Waals surface area contributed by atoms with Gasteiger partial charge in [-0.05, 0) is 23.8 Å². The molecule has 0 unspecified atom stereocenters. The Balaban J connectivity index is 0.00000338. The number of hydrogen-bond acceptors (Lipinski definition) is 3. The van der Waals surface area contributed by atoms with Crippen molar-refractivity contribution in [3.63, 3.8) is 0 Å². The molecular weight excluding hydrogens is 467 g/mol. The van der Waals surface area contributed by atoms with Crippen LogP contribution in [0.5, 0.6) is 5.75 Å². The van der Waals surface area contributed by atoms with E-state index >= 15 is 0 Å². The van der Waals surface area contributed by atoms with E-state index in [9.17, 15) is 4.79 Å². The van der Waals surface area contributed by atoms with Crippen molar-refractivity contribution >= 4 is 53.1 Å². The van der Waals surface area contributed by atoms with Gasteiger partial charge in [0, 0.05) is 18.7 Å². The molecule has 140 valence electrons. The Hall–Kier alpha value is -2.00. The zero-order chi connectivity index (χ0) is 18.1. The van der Waals surface area contributed by atoms with Crippen LogP contribution in [0.1, 0.15) is 12.0 Å². The van der Waals surface area contributed by atoms with E-state index in [1.807, 2.05) is 30.3 Å². The SMILES string of the molecule is COc1ccc(NC(N)=NCCC(=O)NCc2ccccc2)cc1Cl.I. The highest BCUT2D eigenvalue weighted by molar-refractivity contribution is 14.0. The summed E-state index contributed by atoms with van der Waals surface area (Å²) in [5, 5.41) is 6.24. The summed E-state index contributed by atoms with van der Waals surface area (Å²) in [6.45, 7) is 0.796. The van der Waals surface area contributed by atoms with Gasteiger partial charge in [-0.1, -0.05) is 41.9 Å². The van der Waals surface area contributed by atoms with Crippen LogP contribution in [0.25, 0.3) is 0 Å². The highest BCUT2D eigenvalue weighted by Crippen LogP contribution is 2.26. The van der Waals surface area contributed by atoms with Crippen LogP contribution in [0.3, 0.4) is 0 Å². The number of benzene rings is 2. The fraction of sp³-hybridized carbons (Fsp3) is 0.222. The molecule has 0 saturated carbocycles. The number of nitrogens with zero attached hydrogens (tertiary/aromatic N) is 1. The molecule has 0 atom stereocenters. The number of carbonyl (C=O) groups excluding carboxylic acids is 1. The minimum atomic E-state index is -0.0760. The van der Waals surface area contributed by atoms with Crippen LogP contribution in [-0.4, -0.2) is 25.5 Å². The quantitative estimate of drug-likeness (QED) is 0.317. The molecule has 0 heterocycles. The second kappa shape index (κ2) is 11.6. The summed E-state index contributed by atoms with van der Waals surface area (Å²) in [4.78, 5) is 15.9. The third-order valence-electron chi connectivity index (χ3n) is 3.38. The fourth-order valence-electron chi connectivity index (χ4n) is 2.09. The first-order valence-corrected chi connectivity index (χ1v) is 8.17. The summed E-state index contributed by atoms with van der Waals surface area (Å²) in [7, 11) is 1.55. The highest BCUT2D eigenvalue weighted by Gasteiger charge is 2.03. The Labute approximate surface area is 175 Å². The van der Waals surface area contributed by atoms with Crippen molar-refractivity contribution in [2.45, 2.75) is 13.0 Å². The molecule has 0 spiro atoms. The van der Waals surface area contributed by atoms with Gasteiger partial charge in [-0.15, -0.1) is 24.0 Å². The molecule has 2 rings (SSSR count). The summed E-state index contributed by atoms with van der Waals surface area (Å²) >= 11 is 6.05. The van der Waals surface area contributed by atoms with Crippen LogP contribution in [-0.2, 0) is 11.3 Å². The minimum absolute atomic E-state index is 0. The Morgan fingerprint density at radius 3 is 2.62 bits per heavy atom. The van der Waals surface area contributed by atoms with Crippen molar-refractivity contribution in [3.8, 4) is 5.75 Å². The molecule has 26 heavy (non-hydrogen) atoms. The Morgan fingerprint density at radius 2 is 1.96 bits per heavy atom. The van der Waals surface area contributed by atoms with E-state index in [0.29, 0.717) is 29.5 Å². The number of halogens is 2. The van der Waals surface area contributed by atoms with Gasteiger partial charge in [0.25, 0.3) is 0 Å². The van der Waals surface area contributed by atoms with Crippen molar-refractivity contribution in [1.29, 1.82) is 0 Å². The van der Waals surface area contributed by atoms with E-state index in [-0.39, 0.29) is 42.3 Å². The zero-order valence-electron chi connectivity index (χ0n) is 14.4. The van der Waals surface area contributed by atoms with Gasteiger partial charge in [0.1, 0.15) is 5.75 Å². The molecule has 6 nitrogen and oxygen atoms in total. The summed E-state index contributed by atoms with van der Waals surface area (Å²) in [6.07, 6.45) is 0.262. The summed E-state index contributed by atoms with van der Waals surface area (Å²) in [5.41, 5.74) is 7.56. The molecule has 0 bridgehead atoms. The molecule has 1 amide bonds. The first-order chi connectivity index (χ1) is 12.1. The number of rotatable bonds is 7. The molecule has 0 fully saturated rings. The molecule has 0 aromatic heterocycles. The number of nitrogens with two attached hydrogens (primary N) is 1. The van der Waals surface area contributed by atoms with Crippen LogP contribution < -0.4 is 21.1 Å². The van der Waals surface area contributed by atoms with Crippen LogP contribution in [0.15, 0.2) is 53.5 Å². The average molecular weight is 489 g/mol. The number of amides is 1. The van der Waals surface area contributed by atoms with Crippen molar-refractivity contribution in [2.75, 3.05) is 19.0 Å². The molecule has 0 aliphatic carbocycles. The predicted octanol–water partition coefficient (Wildman–Crippen LogP) is 3.40. The lowest BCUT2D eigenvalue weighted by Gasteiger charge is -2.08.